The van der Waals surface area contributed by atoms with Crippen LogP contribution in [0.5, 0.6) is 0 Å². The highest BCUT2D eigenvalue weighted by Gasteiger charge is 2.21. The van der Waals surface area contributed by atoms with Crippen LogP contribution in [0.3, 0.4) is 0 Å². The SMILES string of the molecule is COC(=O)CN(C(=O)Cc1cnn(-c2ccccc2)c1)C(C)C. The van der Waals surface area contributed by atoms with Crippen molar-refractivity contribution < 1.29 is 14.3 Å². The maximum Gasteiger partial charge on any atom is 0.325 e. The van der Waals surface area contributed by atoms with Crippen LogP contribution in [0.2, 0.25) is 0 Å². The highest BCUT2D eigenvalue weighted by Crippen LogP contribution is 2.10. The quantitative estimate of drug-likeness (QED) is 0.763. The van der Waals surface area contributed by atoms with Gasteiger partial charge < -0.3 is 9.64 Å². The minimum Gasteiger partial charge on any atom is -0.468 e. The van der Waals surface area contributed by atoms with Crippen molar-refractivity contribution in [3.8, 4) is 5.69 Å². The molecule has 1 heterocycles. The molecule has 0 N–H and O–H groups in total. The first-order valence-corrected chi connectivity index (χ1v) is 7.46. The molecule has 6 nitrogen and oxygen atoms in total. The Bertz CT molecular complexity index is 665. The normalized spacial score (nSPS) is 10.6. The Hall–Kier alpha value is -2.63. The van der Waals surface area contributed by atoms with Crippen LogP contribution in [0, 0.1) is 0 Å². The van der Waals surface area contributed by atoms with Gasteiger partial charge in [0.05, 0.1) is 25.4 Å². The van der Waals surface area contributed by atoms with E-state index in [1.165, 1.54) is 12.0 Å². The van der Waals surface area contributed by atoms with Crippen molar-refractivity contribution in [1.82, 2.24) is 14.7 Å². The van der Waals surface area contributed by atoms with Crippen LogP contribution in [-0.2, 0) is 20.7 Å². The number of rotatable bonds is 6. The molecule has 0 aliphatic heterocycles. The summed E-state index contributed by atoms with van der Waals surface area (Å²) in [4.78, 5) is 25.4. The number of carbonyl (C=O) groups is 2. The number of hydrogen-bond acceptors (Lipinski definition) is 4. The molecular formula is C17H21N3O3. The fourth-order valence-corrected chi connectivity index (χ4v) is 2.21. The Kier molecular flexibility index (Phi) is 5.51. The summed E-state index contributed by atoms with van der Waals surface area (Å²) in [6.45, 7) is 3.70. The highest BCUT2D eigenvalue weighted by atomic mass is 16.5. The van der Waals surface area contributed by atoms with E-state index >= 15 is 0 Å². The van der Waals surface area contributed by atoms with E-state index in [9.17, 15) is 9.59 Å². The molecule has 1 aromatic heterocycles. The number of methoxy groups -OCH3 is 1. The standard InChI is InChI=1S/C17H21N3O3/c1-13(2)19(12-17(22)23-3)16(21)9-14-10-18-20(11-14)15-7-5-4-6-8-15/h4-8,10-11,13H,9,12H2,1-3H3. The molecule has 0 spiro atoms. The Morgan fingerprint density at radius 3 is 2.57 bits per heavy atom. The van der Waals surface area contributed by atoms with E-state index < -0.39 is 5.97 Å². The van der Waals surface area contributed by atoms with Crippen molar-refractivity contribution in [3.05, 3.63) is 48.3 Å². The van der Waals surface area contributed by atoms with Gasteiger partial charge in [-0.2, -0.15) is 5.10 Å². The molecule has 0 bridgehead atoms. The lowest BCUT2D eigenvalue weighted by molar-refractivity contribution is -0.148. The van der Waals surface area contributed by atoms with Gasteiger partial charge in [0.2, 0.25) is 5.91 Å². The van der Waals surface area contributed by atoms with Gasteiger partial charge in [-0.25, -0.2) is 4.68 Å². The Labute approximate surface area is 135 Å². The number of ether oxygens (including phenoxy) is 1. The number of amides is 1. The fraction of sp³-hybridized carbons (Fsp3) is 0.353. The minimum atomic E-state index is -0.424. The van der Waals surface area contributed by atoms with Gasteiger partial charge in [-0.15, -0.1) is 0 Å². The molecule has 0 saturated heterocycles. The molecule has 23 heavy (non-hydrogen) atoms. The second-order valence-corrected chi connectivity index (χ2v) is 5.50. The van der Waals surface area contributed by atoms with E-state index in [0.717, 1.165) is 11.3 Å². The topological polar surface area (TPSA) is 64.4 Å². The van der Waals surface area contributed by atoms with Crippen molar-refractivity contribution in [2.75, 3.05) is 13.7 Å². The summed E-state index contributed by atoms with van der Waals surface area (Å²) in [6, 6.07) is 9.60. The fourth-order valence-electron chi connectivity index (χ4n) is 2.21. The van der Waals surface area contributed by atoms with Crippen LogP contribution >= 0.6 is 0 Å². The number of esters is 1. The van der Waals surface area contributed by atoms with Crippen LogP contribution in [-0.4, -0.2) is 46.3 Å². The number of aromatic nitrogens is 2. The van der Waals surface area contributed by atoms with Crippen molar-refractivity contribution in [1.29, 1.82) is 0 Å². The number of hydrogen-bond donors (Lipinski definition) is 0. The largest absolute Gasteiger partial charge is 0.468 e. The molecule has 0 fully saturated rings. The lowest BCUT2D eigenvalue weighted by atomic mass is 10.2. The Morgan fingerprint density at radius 2 is 1.96 bits per heavy atom. The number of para-hydroxylation sites is 1. The average Bonchev–Trinajstić information content (AvgIpc) is 3.01. The van der Waals surface area contributed by atoms with Crippen molar-refractivity contribution in [2.24, 2.45) is 0 Å². The number of benzene rings is 1. The summed E-state index contributed by atoms with van der Waals surface area (Å²) in [6.07, 6.45) is 3.69. The van der Waals surface area contributed by atoms with Crippen molar-refractivity contribution in [2.45, 2.75) is 26.3 Å². The van der Waals surface area contributed by atoms with Crippen LogP contribution in [0.15, 0.2) is 42.7 Å². The van der Waals surface area contributed by atoms with E-state index in [-0.39, 0.29) is 24.9 Å². The molecule has 0 atom stereocenters. The monoisotopic (exact) mass is 315 g/mol. The first kappa shape index (κ1) is 16.7. The second kappa shape index (κ2) is 7.58. The molecular weight excluding hydrogens is 294 g/mol. The van der Waals surface area contributed by atoms with E-state index in [1.54, 1.807) is 10.9 Å². The zero-order valence-electron chi connectivity index (χ0n) is 13.6. The third kappa shape index (κ3) is 4.42. The van der Waals surface area contributed by atoms with Crippen LogP contribution in [0.4, 0.5) is 0 Å². The maximum atomic E-state index is 12.4. The van der Waals surface area contributed by atoms with Gasteiger partial charge in [0, 0.05) is 12.2 Å². The molecule has 0 saturated carbocycles. The number of nitrogens with zero attached hydrogens (tertiary/aromatic N) is 3. The van der Waals surface area contributed by atoms with Crippen molar-refractivity contribution >= 4 is 11.9 Å². The summed E-state index contributed by atoms with van der Waals surface area (Å²) in [5.74, 6) is -0.551. The predicted molar refractivity (Wildman–Crippen MR) is 86.1 cm³/mol. The highest BCUT2D eigenvalue weighted by molar-refractivity contribution is 5.83. The zero-order chi connectivity index (χ0) is 16.8. The van der Waals surface area contributed by atoms with Crippen LogP contribution in [0.25, 0.3) is 5.69 Å². The molecule has 0 aliphatic rings. The summed E-state index contributed by atoms with van der Waals surface area (Å²) in [7, 11) is 1.31. The summed E-state index contributed by atoms with van der Waals surface area (Å²) in [5, 5.41) is 4.28. The van der Waals surface area contributed by atoms with Gasteiger partial charge in [-0.1, -0.05) is 18.2 Å². The van der Waals surface area contributed by atoms with Gasteiger partial charge >= 0.3 is 5.97 Å². The first-order chi connectivity index (χ1) is 11.0. The lowest BCUT2D eigenvalue weighted by Gasteiger charge is -2.25. The molecule has 1 amide bonds. The summed E-state index contributed by atoms with van der Waals surface area (Å²) < 4.78 is 6.37. The van der Waals surface area contributed by atoms with Gasteiger partial charge in [-0.05, 0) is 31.5 Å². The molecule has 0 radical (unpaired) electrons. The van der Waals surface area contributed by atoms with E-state index in [1.807, 2.05) is 50.4 Å². The second-order valence-electron chi connectivity index (χ2n) is 5.50. The van der Waals surface area contributed by atoms with Gasteiger partial charge in [0.1, 0.15) is 6.54 Å². The molecule has 6 heteroatoms. The van der Waals surface area contributed by atoms with Crippen LogP contribution in [0.1, 0.15) is 19.4 Å². The molecule has 122 valence electrons. The Balaban J connectivity index is 2.07. The predicted octanol–water partition coefficient (Wildman–Crippen LogP) is 1.82. The van der Waals surface area contributed by atoms with Gasteiger partial charge in [-0.3, -0.25) is 9.59 Å². The lowest BCUT2D eigenvalue weighted by Crippen LogP contribution is -2.41. The molecule has 2 rings (SSSR count). The average molecular weight is 315 g/mol. The smallest absolute Gasteiger partial charge is 0.325 e. The van der Waals surface area contributed by atoms with E-state index in [2.05, 4.69) is 9.84 Å². The molecule has 2 aromatic rings. The maximum absolute atomic E-state index is 12.4. The zero-order valence-corrected chi connectivity index (χ0v) is 13.6. The third-order valence-corrected chi connectivity index (χ3v) is 3.48. The van der Waals surface area contributed by atoms with Gasteiger partial charge in [0.15, 0.2) is 0 Å². The van der Waals surface area contributed by atoms with Crippen LogP contribution < -0.4 is 0 Å². The molecule has 0 unspecified atom stereocenters. The van der Waals surface area contributed by atoms with Crippen molar-refractivity contribution in [3.63, 3.8) is 0 Å². The minimum absolute atomic E-state index is 0.0418. The number of carbonyl (C=O) groups excluding carboxylic acids is 2. The summed E-state index contributed by atoms with van der Waals surface area (Å²) >= 11 is 0. The molecule has 1 aromatic carbocycles. The van der Waals surface area contributed by atoms with Gasteiger partial charge in [0.25, 0.3) is 0 Å². The summed E-state index contributed by atoms with van der Waals surface area (Å²) in [5.41, 5.74) is 1.73. The third-order valence-electron chi connectivity index (χ3n) is 3.48. The first-order valence-electron chi connectivity index (χ1n) is 7.46. The van der Waals surface area contributed by atoms with E-state index in [4.69, 9.17) is 0 Å². The molecule has 0 aliphatic carbocycles. The van der Waals surface area contributed by atoms with E-state index in [0.29, 0.717) is 0 Å². The Morgan fingerprint density at radius 1 is 1.26 bits per heavy atom.